The van der Waals surface area contributed by atoms with Gasteiger partial charge in [-0.05, 0) is 55.5 Å². The number of hydrogen-bond acceptors (Lipinski definition) is 3. The highest BCUT2D eigenvalue weighted by Gasteiger charge is 2.31. The summed E-state index contributed by atoms with van der Waals surface area (Å²) < 4.78 is 45.4. The smallest absolute Gasteiger partial charge is 0.481 e. The SMILES string of the molecule is C[C@H](Oc1ccc(Cl)cc1)C(=O)Nc1ccc(OC(F)(F)F)cc1. The topological polar surface area (TPSA) is 47.6 Å². The molecule has 2 aromatic rings. The van der Waals surface area contributed by atoms with E-state index in [-0.39, 0.29) is 5.75 Å². The van der Waals surface area contributed by atoms with Crippen molar-refractivity contribution in [2.75, 3.05) is 5.32 Å². The average Bonchev–Trinajstić information content (AvgIpc) is 2.50. The predicted molar refractivity (Wildman–Crippen MR) is 83.3 cm³/mol. The van der Waals surface area contributed by atoms with Crippen LogP contribution in [0.1, 0.15) is 6.92 Å². The van der Waals surface area contributed by atoms with Gasteiger partial charge in [0, 0.05) is 10.7 Å². The summed E-state index contributed by atoms with van der Waals surface area (Å²) in [5.41, 5.74) is 0.320. The van der Waals surface area contributed by atoms with Gasteiger partial charge in [0.1, 0.15) is 11.5 Å². The van der Waals surface area contributed by atoms with Crippen molar-refractivity contribution in [1.82, 2.24) is 0 Å². The van der Waals surface area contributed by atoms with Gasteiger partial charge in [-0.1, -0.05) is 11.6 Å². The summed E-state index contributed by atoms with van der Waals surface area (Å²) >= 11 is 5.76. The minimum atomic E-state index is -4.76. The van der Waals surface area contributed by atoms with Gasteiger partial charge in [0.25, 0.3) is 5.91 Å². The quantitative estimate of drug-likeness (QED) is 0.845. The molecule has 8 heteroatoms. The summed E-state index contributed by atoms with van der Waals surface area (Å²) in [7, 11) is 0. The lowest BCUT2D eigenvalue weighted by Crippen LogP contribution is -2.30. The second-order valence-corrected chi connectivity index (χ2v) is 5.21. The van der Waals surface area contributed by atoms with Crippen molar-refractivity contribution in [2.24, 2.45) is 0 Å². The number of nitrogens with one attached hydrogen (secondary N) is 1. The minimum absolute atomic E-state index is 0.320. The van der Waals surface area contributed by atoms with E-state index in [4.69, 9.17) is 16.3 Å². The number of ether oxygens (including phenoxy) is 2. The van der Waals surface area contributed by atoms with Gasteiger partial charge in [-0.3, -0.25) is 4.79 Å². The Balaban J connectivity index is 1.92. The second-order valence-electron chi connectivity index (χ2n) is 4.78. The van der Waals surface area contributed by atoms with E-state index in [1.54, 1.807) is 31.2 Å². The summed E-state index contributed by atoms with van der Waals surface area (Å²) in [4.78, 5) is 12.0. The number of carbonyl (C=O) groups excluding carboxylic acids is 1. The van der Waals surface area contributed by atoms with E-state index in [9.17, 15) is 18.0 Å². The van der Waals surface area contributed by atoms with Crippen LogP contribution >= 0.6 is 11.6 Å². The lowest BCUT2D eigenvalue weighted by molar-refractivity contribution is -0.274. The van der Waals surface area contributed by atoms with Gasteiger partial charge < -0.3 is 14.8 Å². The maximum Gasteiger partial charge on any atom is 0.573 e. The van der Waals surface area contributed by atoms with E-state index in [1.165, 1.54) is 12.1 Å². The fourth-order valence-electron chi connectivity index (χ4n) is 1.75. The van der Waals surface area contributed by atoms with E-state index in [0.717, 1.165) is 12.1 Å². The zero-order valence-electron chi connectivity index (χ0n) is 12.4. The maximum absolute atomic E-state index is 12.1. The lowest BCUT2D eigenvalue weighted by atomic mass is 10.2. The summed E-state index contributed by atoms with van der Waals surface area (Å²) in [5, 5.41) is 3.08. The summed E-state index contributed by atoms with van der Waals surface area (Å²) in [6.07, 6.45) is -5.57. The molecule has 0 aliphatic rings. The molecule has 2 rings (SSSR count). The monoisotopic (exact) mass is 359 g/mol. The third kappa shape index (κ3) is 5.66. The number of amides is 1. The molecule has 1 amide bonds. The summed E-state index contributed by atoms with van der Waals surface area (Å²) in [5.74, 6) is -0.351. The van der Waals surface area contributed by atoms with Gasteiger partial charge in [-0.25, -0.2) is 0 Å². The van der Waals surface area contributed by atoms with Crippen LogP contribution in [0.3, 0.4) is 0 Å². The van der Waals surface area contributed by atoms with Gasteiger partial charge in [-0.15, -0.1) is 13.2 Å². The van der Waals surface area contributed by atoms with Crippen LogP contribution in [0.25, 0.3) is 0 Å². The van der Waals surface area contributed by atoms with Crippen LogP contribution in [-0.4, -0.2) is 18.4 Å². The molecule has 24 heavy (non-hydrogen) atoms. The summed E-state index contributed by atoms with van der Waals surface area (Å²) in [6.45, 7) is 1.55. The Morgan fingerprint density at radius 1 is 1.04 bits per heavy atom. The van der Waals surface area contributed by atoms with Crippen molar-refractivity contribution in [2.45, 2.75) is 19.4 Å². The second kappa shape index (κ2) is 7.44. The van der Waals surface area contributed by atoms with Crippen LogP contribution in [-0.2, 0) is 4.79 Å². The molecule has 1 N–H and O–H groups in total. The molecule has 0 saturated carbocycles. The van der Waals surface area contributed by atoms with Crippen molar-refractivity contribution >= 4 is 23.2 Å². The van der Waals surface area contributed by atoms with Crippen LogP contribution in [0.5, 0.6) is 11.5 Å². The first-order chi connectivity index (χ1) is 11.2. The number of benzene rings is 2. The number of carbonyl (C=O) groups is 1. The Hall–Kier alpha value is -2.41. The van der Waals surface area contributed by atoms with Crippen molar-refractivity contribution < 1.29 is 27.4 Å². The molecule has 0 unspecified atom stereocenters. The molecule has 0 fully saturated rings. The molecule has 4 nitrogen and oxygen atoms in total. The van der Waals surface area contributed by atoms with E-state index in [2.05, 4.69) is 10.1 Å². The molecule has 0 aliphatic carbocycles. The molecule has 2 aromatic carbocycles. The van der Waals surface area contributed by atoms with Crippen LogP contribution in [0, 0.1) is 0 Å². The van der Waals surface area contributed by atoms with Crippen LogP contribution in [0.15, 0.2) is 48.5 Å². The van der Waals surface area contributed by atoms with Crippen molar-refractivity contribution in [3.8, 4) is 11.5 Å². The summed E-state index contributed by atoms with van der Waals surface area (Å²) in [6, 6.07) is 11.3. The van der Waals surface area contributed by atoms with E-state index in [0.29, 0.717) is 16.5 Å². The Kier molecular flexibility index (Phi) is 5.56. The molecule has 0 radical (unpaired) electrons. The van der Waals surface area contributed by atoms with Gasteiger partial charge in [0.15, 0.2) is 6.10 Å². The van der Waals surface area contributed by atoms with Gasteiger partial charge in [0.05, 0.1) is 0 Å². The Morgan fingerprint density at radius 2 is 1.58 bits per heavy atom. The zero-order valence-corrected chi connectivity index (χ0v) is 13.2. The molecule has 128 valence electrons. The first-order valence-corrected chi connectivity index (χ1v) is 7.19. The minimum Gasteiger partial charge on any atom is -0.481 e. The Bertz CT molecular complexity index is 687. The molecule has 0 bridgehead atoms. The standard InChI is InChI=1S/C16H13ClF3NO3/c1-10(23-13-6-2-11(17)3-7-13)15(22)21-12-4-8-14(9-5-12)24-16(18,19)20/h2-10H,1H3,(H,21,22)/t10-/m0/s1. The number of anilines is 1. The van der Waals surface area contributed by atoms with Gasteiger partial charge in [0.2, 0.25) is 0 Å². The van der Waals surface area contributed by atoms with Crippen LogP contribution in [0.2, 0.25) is 5.02 Å². The van der Waals surface area contributed by atoms with E-state index < -0.39 is 18.4 Å². The number of rotatable bonds is 5. The number of halogens is 4. The zero-order chi connectivity index (χ0) is 17.7. The van der Waals surface area contributed by atoms with Crippen molar-refractivity contribution in [3.05, 3.63) is 53.6 Å². The largest absolute Gasteiger partial charge is 0.573 e. The third-order valence-electron chi connectivity index (χ3n) is 2.85. The highest BCUT2D eigenvalue weighted by molar-refractivity contribution is 6.30. The van der Waals surface area contributed by atoms with Crippen LogP contribution in [0.4, 0.5) is 18.9 Å². The maximum atomic E-state index is 12.1. The number of hydrogen-bond donors (Lipinski definition) is 1. The van der Waals surface area contributed by atoms with E-state index in [1.807, 2.05) is 0 Å². The molecule has 0 heterocycles. The molecular weight excluding hydrogens is 347 g/mol. The average molecular weight is 360 g/mol. The highest BCUT2D eigenvalue weighted by Crippen LogP contribution is 2.24. The first kappa shape index (κ1) is 17.9. The van der Waals surface area contributed by atoms with Crippen LogP contribution < -0.4 is 14.8 Å². The molecule has 0 spiro atoms. The lowest BCUT2D eigenvalue weighted by Gasteiger charge is -2.15. The molecule has 0 saturated heterocycles. The Labute approximate surface area is 141 Å². The first-order valence-electron chi connectivity index (χ1n) is 6.82. The van der Waals surface area contributed by atoms with Crippen molar-refractivity contribution in [3.63, 3.8) is 0 Å². The molecule has 0 aliphatic heterocycles. The van der Waals surface area contributed by atoms with Crippen molar-refractivity contribution in [1.29, 1.82) is 0 Å². The molecule has 1 atom stereocenters. The van der Waals surface area contributed by atoms with Gasteiger partial charge >= 0.3 is 6.36 Å². The fraction of sp³-hybridized carbons (Fsp3) is 0.188. The number of alkyl halides is 3. The normalized spacial score (nSPS) is 12.4. The highest BCUT2D eigenvalue weighted by atomic mass is 35.5. The fourth-order valence-corrected chi connectivity index (χ4v) is 1.88. The Morgan fingerprint density at radius 3 is 2.12 bits per heavy atom. The van der Waals surface area contributed by atoms with Gasteiger partial charge in [-0.2, -0.15) is 0 Å². The third-order valence-corrected chi connectivity index (χ3v) is 3.10. The van der Waals surface area contributed by atoms with E-state index >= 15 is 0 Å². The molecule has 0 aromatic heterocycles. The predicted octanol–water partition coefficient (Wildman–Crippen LogP) is 4.64. The molecular formula is C16H13ClF3NO3.